The number of fused-ring (bicyclic) bond motifs is 1. The fourth-order valence-electron chi connectivity index (χ4n) is 3.64. The lowest BCUT2D eigenvalue weighted by Crippen LogP contribution is -2.40. The fourth-order valence-corrected chi connectivity index (χ4v) is 8.28. The summed E-state index contributed by atoms with van der Waals surface area (Å²) in [5.74, 6) is 1.31. The summed E-state index contributed by atoms with van der Waals surface area (Å²) in [6.45, 7) is 1.52. The van der Waals surface area contributed by atoms with Crippen molar-refractivity contribution in [3.63, 3.8) is 0 Å². The van der Waals surface area contributed by atoms with Crippen LogP contribution in [0, 0.1) is 0 Å². The molecule has 0 spiro atoms. The molecule has 0 aliphatic carbocycles. The van der Waals surface area contributed by atoms with Crippen LogP contribution in [0.1, 0.15) is 30.2 Å². The van der Waals surface area contributed by atoms with Crippen molar-refractivity contribution in [2.75, 3.05) is 30.3 Å². The van der Waals surface area contributed by atoms with Gasteiger partial charge in [0.2, 0.25) is 5.91 Å². The van der Waals surface area contributed by atoms with Crippen molar-refractivity contribution < 1.29 is 13.2 Å². The summed E-state index contributed by atoms with van der Waals surface area (Å²) in [6, 6.07) is 8.16. The molecule has 0 saturated carbocycles. The zero-order valence-corrected chi connectivity index (χ0v) is 16.9. The summed E-state index contributed by atoms with van der Waals surface area (Å²) in [5.41, 5.74) is 1.04. The van der Waals surface area contributed by atoms with Crippen molar-refractivity contribution in [1.29, 1.82) is 0 Å². The molecule has 26 heavy (non-hydrogen) atoms. The summed E-state index contributed by atoms with van der Waals surface area (Å²) in [6.07, 6.45) is 2.74. The highest BCUT2D eigenvalue weighted by atomic mass is 32.2. The number of amides is 1. The molecule has 2 fully saturated rings. The second kappa shape index (κ2) is 7.48. The number of hydrogen-bond donors (Lipinski definition) is 0. The number of likely N-dealkylation sites (tertiary alicyclic amines) is 1. The molecule has 2 aromatic rings. The third-order valence-corrected chi connectivity index (χ3v) is 9.53. The number of sulfone groups is 1. The Labute approximate surface area is 162 Å². The van der Waals surface area contributed by atoms with E-state index in [1.165, 1.54) is 16.5 Å². The molecular weight excluding hydrogens is 388 g/mol. The lowest BCUT2D eigenvalue weighted by atomic mass is 9.99. The minimum Gasteiger partial charge on any atom is -0.341 e. The quantitative estimate of drug-likeness (QED) is 0.775. The van der Waals surface area contributed by atoms with E-state index < -0.39 is 9.84 Å². The van der Waals surface area contributed by atoms with E-state index in [1.807, 2.05) is 23.1 Å². The van der Waals surface area contributed by atoms with Gasteiger partial charge in [0, 0.05) is 24.3 Å². The number of para-hydroxylation sites is 1. The van der Waals surface area contributed by atoms with Crippen LogP contribution in [0.15, 0.2) is 24.3 Å². The largest absolute Gasteiger partial charge is 0.341 e. The van der Waals surface area contributed by atoms with Gasteiger partial charge in [-0.1, -0.05) is 12.1 Å². The van der Waals surface area contributed by atoms with E-state index in [0.717, 1.165) is 36.5 Å². The average Bonchev–Trinajstić information content (AvgIpc) is 3.22. The molecule has 140 valence electrons. The van der Waals surface area contributed by atoms with Crippen molar-refractivity contribution in [2.45, 2.75) is 30.4 Å². The first-order valence-corrected chi connectivity index (χ1v) is 12.6. The maximum atomic E-state index is 12.6. The van der Waals surface area contributed by atoms with Crippen LogP contribution < -0.4 is 0 Å². The SMILES string of the molecule is O=C(CS[C@@H]1CCS(=O)(=O)C1)N1CCC[C@@H](c2nc3ccccc3s2)C1. The topological polar surface area (TPSA) is 67.3 Å². The molecule has 0 N–H and O–H groups in total. The summed E-state index contributed by atoms with van der Waals surface area (Å²) >= 11 is 3.24. The molecule has 8 heteroatoms. The Hall–Kier alpha value is -1.12. The van der Waals surface area contributed by atoms with Crippen LogP contribution in [0.25, 0.3) is 10.2 Å². The first kappa shape index (κ1) is 18.3. The fraction of sp³-hybridized carbons (Fsp3) is 0.556. The standard InChI is InChI=1S/C18H22N2O3S3/c21-17(11-24-14-7-9-26(22,23)12-14)20-8-3-4-13(10-20)18-19-15-5-1-2-6-16(15)25-18/h1-2,5-6,13-14H,3-4,7-12H2/t13-,14-/m1/s1. The van der Waals surface area contributed by atoms with Gasteiger partial charge in [0.25, 0.3) is 0 Å². The van der Waals surface area contributed by atoms with Crippen molar-refractivity contribution in [3.05, 3.63) is 29.3 Å². The van der Waals surface area contributed by atoms with Gasteiger partial charge in [-0.2, -0.15) is 0 Å². The van der Waals surface area contributed by atoms with Gasteiger partial charge < -0.3 is 4.90 Å². The van der Waals surface area contributed by atoms with E-state index in [9.17, 15) is 13.2 Å². The van der Waals surface area contributed by atoms with Crippen molar-refractivity contribution in [3.8, 4) is 0 Å². The summed E-state index contributed by atoms with van der Waals surface area (Å²) in [7, 11) is -2.88. The van der Waals surface area contributed by atoms with Gasteiger partial charge >= 0.3 is 0 Å². The normalized spacial score (nSPS) is 25.6. The molecule has 2 atom stereocenters. The van der Waals surface area contributed by atoms with Gasteiger partial charge in [-0.15, -0.1) is 23.1 Å². The van der Waals surface area contributed by atoms with Crippen LogP contribution in [0.4, 0.5) is 0 Å². The Balaban J connectivity index is 1.36. The first-order chi connectivity index (χ1) is 12.5. The molecule has 0 bridgehead atoms. The molecule has 4 rings (SSSR count). The Morgan fingerprint density at radius 3 is 2.92 bits per heavy atom. The minimum absolute atomic E-state index is 0.0776. The molecule has 1 amide bonds. The number of carbonyl (C=O) groups excluding carboxylic acids is 1. The van der Waals surface area contributed by atoms with E-state index in [-0.39, 0.29) is 22.7 Å². The van der Waals surface area contributed by atoms with E-state index in [1.54, 1.807) is 11.3 Å². The summed E-state index contributed by atoms with van der Waals surface area (Å²) in [5, 5.41) is 1.20. The van der Waals surface area contributed by atoms with E-state index in [0.29, 0.717) is 18.1 Å². The Bertz CT molecular complexity index is 876. The van der Waals surface area contributed by atoms with Crippen LogP contribution in [-0.4, -0.2) is 59.8 Å². The summed E-state index contributed by atoms with van der Waals surface area (Å²) in [4.78, 5) is 19.3. The van der Waals surface area contributed by atoms with Gasteiger partial charge in [0.1, 0.15) is 0 Å². The highest BCUT2D eigenvalue weighted by Crippen LogP contribution is 2.33. The number of thioether (sulfide) groups is 1. The van der Waals surface area contributed by atoms with E-state index in [4.69, 9.17) is 4.98 Å². The molecule has 0 radical (unpaired) electrons. The maximum Gasteiger partial charge on any atom is 0.232 e. The summed E-state index contributed by atoms with van der Waals surface area (Å²) < 4.78 is 24.3. The highest BCUT2D eigenvalue weighted by Gasteiger charge is 2.31. The number of hydrogen-bond acceptors (Lipinski definition) is 6. The Kier molecular flexibility index (Phi) is 5.25. The predicted octanol–water partition coefficient (Wildman–Crippen LogP) is 2.92. The third-order valence-electron chi connectivity index (χ3n) is 5.07. The van der Waals surface area contributed by atoms with Gasteiger partial charge in [0.05, 0.1) is 32.5 Å². The lowest BCUT2D eigenvalue weighted by Gasteiger charge is -2.32. The van der Waals surface area contributed by atoms with E-state index in [2.05, 4.69) is 6.07 Å². The monoisotopic (exact) mass is 410 g/mol. The van der Waals surface area contributed by atoms with Crippen molar-refractivity contribution in [2.24, 2.45) is 0 Å². The Morgan fingerprint density at radius 2 is 2.15 bits per heavy atom. The smallest absolute Gasteiger partial charge is 0.232 e. The number of benzene rings is 1. The molecular formula is C18H22N2O3S3. The number of carbonyl (C=O) groups is 1. The lowest BCUT2D eigenvalue weighted by molar-refractivity contribution is -0.129. The molecule has 5 nitrogen and oxygen atoms in total. The molecule has 2 saturated heterocycles. The van der Waals surface area contributed by atoms with Gasteiger partial charge in [0.15, 0.2) is 9.84 Å². The van der Waals surface area contributed by atoms with E-state index >= 15 is 0 Å². The molecule has 2 aliphatic heterocycles. The van der Waals surface area contributed by atoms with Crippen LogP contribution in [0.2, 0.25) is 0 Å². The molecule has 1 aromatic heterocycles. The number of nitrogens with zero attached hydrogens (tertiary/aromatic N) is 2. The first-order valence-electron chi connectivity index (χ1n) is 8.95. The van der Waals surface area contributed by atoms with Crippen molar-refractivity contribution >= 4 is 49.1 Å². The number of aromatic nitrogens is 1. The number of thiazole rings is 1. The second-order valence-corrected chi connectivity index (χ2v) is 11.6. The highest BCUT2D eigenvalue weighted by molar-refractivity contribution is 8.02. The predicted molar refractivity (Wildman–Crippen MR) is 108 cm³/mol. The van der Waals surface area contributed by atoms with Crippen LogP contribution >= 0.6 is 23.1 Å². The second-order valence-electron chi connectivity index (χ2n) is 7.03. The average molecular weight is 411 g/mol. The Morgan fingerprint density at radius 1 is 1.31 bits per heavy atom. The molecule has 0 unspecified atom stereocenters. The van der Waals surface area contributed by atoms with Gasteiger partial charge in [-0.25, -0.2) is 13.4 Å². The number of rotatable bonds is 4. The van der Waals surface area contributed by atoms with Crippen LogP contribution in [0.3, 0.4) is 0 Å². The zero-order chi connectivity index (χ0) is 18.1. The maximum absolute atomic E-state index is 12.6. The number of piperidine rings is 1. The molecule has 3 heterocycles. The molecule has 1 aromatic carbocycles. The minimum atomic E-state index is -2.88. The third kappa shape index (κ3) is 4.07. The van der Waals surface area contributed by atoms with Gasteiger partial charge in [-0.05, 0) is 31.4 Å². The van der Waals surface area contributed by atoms with Crippen LogP contribution in [0.5, 0.6) is 0 Å². The van der Waals surface area contributed by atoms with Crippen LogP contribution in [-0.2, 0) is 14.6 Å². The van der Waals surface area contributed by atoms with Gasteiger partial charge in [-0.3, -0.25) is 4.79 Å². The van der Waals surface area contributed by atoms with Crippen molar-refractivity contribution in [1.82, 2.24) is 9.88 Å². The molecule has 2 aliphatic rings. The zero-order valence-electron chi connectivity index (χ0n) is 14.5.